The summed E-state index contributed by atoms with van der Waals surface area (Å²) in [6.07, 6.45) is 1.42. The van der Waals surface area contributed by atoms with Crippen LogP contribution in [0.5, 0.6) is 0 Å². The summed E-state index contributed by atoms with van der Waals surface area (Å²) in [5, 5.41) is 6.43. The van der Waals surface area contributed by atoms with Crippen LogP contribution >= 0.6 is 0 Å². The molecular weight excluding hydrogens is 394 g/mol. The van der Waals surface area contributed by atoms with Crippen LogP contribution in [0.2, 0.25) is 0 Å². The van der Waals surface area contributed by atoms with Gasteiger partial charge in [-0.25, -0.2) is 9.97 Å². The predicted molar refractivity (Wildman–Crippen MR) is 120 cm³/mol. The molecule has 1 aromatic heterocycles. The molecule has 2 aliphatic heterocycles. The standard InChI is InChI=1S/C23H31N5O3/c1-23(2,3)21(29)25-17-12-30-20-18(13-31-19(17)20)27-22-24-11-10-16(26-22)14-6-8-15(9-7-14)28(4)5/h6-11,17-20H,12-13H2,1-5H3,(H,25,29)(H,24,26,27). The largest absolute Gasteiger partial charge is 0.378 e. The number of carbonyl (C=O) groups excluding carboxylic acids is 1. The van der Waals surface area contributed by atoms with Crippen LogP contribution in [0.15, 0.2) is 36.5 Å². The average molecular weight is 426 g/mol. The van der Waals surface area contributed by atoms with Gasteiger partial charge < -0.3 is 25.0 Å². The summed E-state index contributed by atoms with van der Waals surface area (Å²) in [7, 11) is 4.03. The molecule has 0 bridgehead atoms. The van der Waals surface area contributed by atoms with Crippen molar-refractivity contribution in [2.75, 3.05) is 37.5 Å². The molecule has 0 spiro atoms. The van der Waals surface area contributed by atoms with E-state index in [-0.39, 0.29) is 30.2 Å². The Morgan fingerprint density at radius 2 is 1.68 bits per heavy atom. The summed E-state index contributed by atoms with van der Waals surface area (Å²) in [5.74, 6) is 0.535. The van der Waals surface area contributed by atoms with Gasteiger partial charge in [0.1, 0.15) is 12.2 Å². The highest BCUT2D eigenvalue weighted by molar-refractivity contribution is 5.81. The number of hydrogen-bond acceptors (Lipinski definition) is 7. The van der Waals surface area contributed by atoms with Crippen molar-refractivity contribution in [2.45, 2.75) is 45.1 Å². The molecule has 0 aliphatic carbocycles. The molecule has 0 saturated carbocycles. The number of ether oxygens (including phenoxy) is 2. The number of rotatable bonds is 5. The number of amides is 1. The van der Waals surface area contributed by atoms with E-state index in [0.717, 1.165) is 16.9 Å². The molecule has 166 valence electrons. The summed E-state index contributed by atoms with van der Waals surface area (Å²) in [5.41, 5.74) is 2.56. The van der Waals surface area contributed by atoms with Gasteiger partial charge >= 0.3 is 0 Å². The second-order valence-electron chi connectivity index (χ2n) is 9.38. The lowest BCUT2D eigenvalue weighted by atomic mass is 9.94. The molecule has 4 rings (SSSR count). The molecule has 3 heterocycles. The van der Waals surface area contributed by atoms with E-state index in [1.807, 2.05) is 40.9 Å². The molecule has 2 aromatic rings. The van der Waals surface area contributed by atoms with E-state index in [9.17, 15) is 4.79 Å². The smallest absolute Gasteiger partial charge is 0.225 e. The number of anilines is 2. The highest BCUT2D eigenvalue weighted by atomic mass is 16.6. The summed E-state index contributed by atoms with van der Waals surface area (Å²) < 4.78 is 12.0. The third kappa shape index (κ3) is 4.65. The summed E-state index contributed by atoms with van der Waals surface area (Å²) in [6.45, 7) is 6.60. The van der Waals surface area contributed by atoms with Gasteiger partial charge in [0.15, 0.2) is 0 Å². The summed E-state index contributed by atoms with van der Waals surface area (Å²) in [4.78, 5) is 23.5. The molecule has 8 nitrogen and oxygen atoms in total. The Morgan fingerprint density at radius 3 is 2.32 bits per heavy atom. The summed E-state index contributed by atoms with van der Waals surface area (Å²) in [6, 6.07) is 9.92. The van der Waals surface area contributed by atoms with Crippen LogP contribution in [-0.2, 0) is 14.3 Å². The van der Waals surface area contributed by atoms with Crippen molar-refractivity contribution in [1.29, 1.82) is 0 Å². The van der Waals surface area contributed by atoms with Crippen LogP contribution in [0.3, 0.4) is 0 Å². The second kappa shape index (κ2) is 8.43. The van der Waals surface area contributed by atoms with E-state index < -0.39 is 5.41 Å². The van der Waals surface area contributed by atoms with Gasteiger partial charge in [-0.3, -0.25) is 4.79 Å². The minimum Gasteiger partial charge on any atom is -0.378 e. The molecule has 1 amide bonds. The minimum absolute atomic E-state index is 0.00178. The normalized spacial score (nSPS) is 25.2. The first kappa shape index (κ1) is 21.5. The third-order valence-electron chi connectivity index (χ3n) is 5.70. The first-order valence-electron chi connectivity index (χ1n) is 10.6. The number of aromatic nitrogens is 2. The molecule has 2 saturated heterocycles. The van der Waals surface area contributed by atoms with Gasteiger partial charge in [-0.15, -0.1) is 0 Å². The van der Waals surface area contributed by atoms with Gasteiger partial charge in [0.05, 0.1) is 31.0 Å². The molecule has 4 unspecified atom stereocenters. The van der Waals surface area contributed by atoms with Crippen LogP contribution in [-0.4, -0.2) is 67.5 Å². The van der Waals surface area contributed by atoms with Crippen molar-refractivity contribution in [2.24, 2.45) is 5.41 Å². The van der Waals surface area contributed by atoms with E-state index in [2.05, 4.69) is 49.8 Å². The zero-order chi connectivity index (χ0) is 22.2. The molecule has 2 aliphatic rings. The Morgan fingerprint density at radius 1 is 1.03 bits per heavy atom. The Bertz CT molecular complexity index is 926. The molecule has 31 heavy (non-hydrogen) atoms. The van der Waals surface area contributed by atoms with Crippen molar-refractivity contribution in [3.8, 4) is 11.3 Å². The fourth-order valence-corrected chi connectivity index (χ4v) is 3.82. The van der Waals surface area contributed by atoms with Crippen LogP contribution < -0.4 is 15.5 Å². The third-order valence-corrected chi connectivity index (χ3v) is 5.70. The zero-order valence-electron chi connectivity index (χ0n) is 18.8. The Labute approximate surface area is 183 Å². The molecular formula is C23H31N5O3. The molecule has 0 radical (unpaired) electrons. The molecule has 2 fully saturated rings. The van der Waals surface area contributed by atoms with Gasteiger partial charge in [-0.1, -0.05) is 32.9 Å². The maximum Gasteiger partial charge on any atom is 0.225 e. The minimum atomic E-state index is -0.451. The van der Waals surface area contributed by atoms with Crippen LogP contribution in [0.1, 0.15) is 20.8 Å². The number of hydrogen-bond donors (Lipinski definition) is 2. The molecule has 2 N–H and O–H groups in total. The van der Waals surface area contributed by atoms with Crippen molar-refractivity contribution in [1.82, 2.24) is 15.3 Å². The maximum atomic E-state index is 12.4. The Balaban J connectivity index is 1.42. The number of nitrogens with one attached hydrogen (secondary N) is 2. The second-order valence-corrected chi connectivity index (χ2v) is 9.38. The summed E-state index contributed by atoms with van der Waals surface area (Å²) >= 11 is 0. The number of nitrogens with zero attached hydrogens (tertiary/aromatic N) is 3. The Hall–Kier alpha value is -2.71. The van der Waals surface area contributed by atoms with E-state index >= 15 is 0 Å². The van der Waals surface area contributed by atoms with Crippen molar-refractivity contribution < 1.29 is 14.3 Å². The van der Waals surface area contributed by atoms with E-state index in [4.69, 9.17) is 9.47 Å². The predicted octanol–water partition coefficient (Wildman–Crippen LogP) is 2.32. The quantitative estimate of drug-likeness (QED) is 0.760. The van der Waals surface area contributed by atoms with Crippen molar-refractivity contribution >= 4 is 17.5 Å². The first-order chi connectivity index (χ1) is 14.7. The SMILES string of the molecule is CN(C)c1ccc(-c2ccnc(NC3COC4C(NC(=O)C(C)(C)C)COC34)n2)cc1. The maximum absolute atomic E-state index is 12.4. The lowest BCUT2D eigenvalue weighted by Gasteiger charge is -2.23. The lowest BCUT2D eigenvalue weighted by molar-refractivity contribution is -0.129. The molecule has 4 atom stereocenters. The van der Waals surface area contributed by atoms with Gasteiger partial charge in [0, 0.05) is 37.0 Å². The van der Waals surface area contributed by atoms with E-state index in [1.54, 1.807) is 6.20 Å². The fraction of sp³-hybridized carbons (Fsp3) is 0.522. The highest BCUT2D eigenvalue weighted by Gasteiger charge is 2.48. The fourth-order valence-electron chi connectivity index (χ4n) is 3.82. The van der Waals surface area contributed by atoms with Crippen molar-refractivity contribution in [3.63, 3.8) is 0 Å². The molecule has 8 heteroatoms. The number of fused-ring (bicyclic) bond motifs is 1. The van der Waals surface area contributed by atoms with Gasteiger partial charge in [-0.05, 0) is 18.2 Å². The topological polar surface area (TPSA) is 88.6 Å². The number of carbonyl (C=O) groups is 1. The lowest BCUT2D eigenvalue weighted by Crippen LogP contribution is -2.48. The van der Waals surface area contributed by atoms with Gasteiger partial charge in [0.25, 0.3) is 0 Å². The number of benzene rings is 1. The monoisotopic (exact) mass is 425 g/mol. The van der Waals surface area contributed by atoms with Crippen LogP contribution in [0.4, 0.5) is 11.6 Å². The van der Waals surface area contributed by atoms with Gasteiger partial charge in [-0.2, -0.15) is 0 Å². The van der Waals surface area contributed by atoms with Crippen LogP contribution in [0.25, 0.3) is 11.3 Å². The first-order valence-corrected chi connectivity index (χ1v) is 10.6. The molecule has 1 aromatic carbocycles. The van der Waals surface area contributed by atoms with E-state index in [0.29, 0.717) is 19.2 Å². The zero-order valence-corrected chi connectivity index (χ0v) is 18.8. The highest BCUT2D eigenvalue weighted by Crippen LogP contribution is 2.30. The van der Waals surface area contributed by atoms with Crippen molar-refractivity contribution in [3.05, 3.63) is 36.5 Å². The van der Waals surface area contributed by atoms with Gasteiger partial charge in [0.2, 0.25) is 11.9 Å². The Kier molecular flexibility index (Phi) is 5.85. The van der Waals surface area contributed by atoms with Crippen LogP contribution in [0, 0.1) is 5.41 Å². The van der Waals surface area contributed by atoms with E-state index in [1.165, 1.54) is 0 Å². The average Bonchev–Trinajstić information content (AvgIpc) is 3.31.